The minimum absolute atomic E-state index is 0.00607. The maximum Gasteiger partial charge on any atom is 0.254 e. The maximum absolute atomic E-state index is 14.0. The lowest BCUT2D eigenvalue weighted by Crippen LogP contribution is -2.61. The molecule has 3 aliphatic rings. The van der Waals surface area contributed by atoms with Crippen LogP contribution in [-0.4, -0.2) is 53.4 Å². The van der Waals surface area contributed by atoms with Gasteiger partial charge in [0.1, 0.15) is 5.54 Å². The highest BCUT2D eigenvalue weighted by molar-refractivity contribution is 6.00. The first-order valence-corrected chi connectivity index (χ1v) is 9.14. The van der Waals surface area contributed by atoms with Gasteiger partial charge in [0.2, 0.25) is 5.91 Å². The van der Waals surface area contributed by atoms with E-state index in [2.05, 4.69) is 4.74 Å². The Morgan fingerprint density at radius 3 is 2.35 bits per heavy atom. The van der Waals surface area contributed by atoms with Crippen LogP contribution in [0.1, 0.15) is 48.9 Å². The highest BCUT2D eigenvalue weighted by atomic mass is 19.1. The Morgan fingerprint density at radius 2 is 1.77 bits per heavy atom. The minimum atomic E-state index is -0.918. The van der Waals surface area contributed by atoms with E-state index in [0.717, 1.165) is 44.4 Å². The number of hydrogen-bond donors (Lipinski definition) is 0. The standard InChI is InChI=1S/C19H22F2N2O3/c1-26-16-14(20)10-12(11-15(16)21)17(24)23-9-3-7-19(23)6-2-8-22(18(19)25)13-4-5-13/h10-11,13H,2-9H2,1H3. The Labute approximate surface area is 150 Å². The van der Waals surface area contributed by atoms with E-state index in [4.69, 9.17) is 0 Å². The zero-order chi connectivity index (χ0) is 18.5. The van der Waals surface area contributed by atoms with Crippen molar-refractivity contribution in [1.29, 1.82) is 0 Å². The summed E-state index contributed by atoms with van der Waals surface area (Å²) in [6.07, 6.45) is 4.83. The maximum atomic E-state index is 14.0. The molecule has 2 heterocycles. The molecule has 4 rings (SSSR count). The lowest BCUT2D eigenvalue weighted by Gasteiger charge is -2.44. The number of rotatable bonds is 3. The van der Waals surface area contributed by atoms with Gasteiger partial charge in [0.05, 0.1) is 7.11 Å². The topological polar surface area (TPSA) is 49.9 Å². The van der Waals surface area contributed by atoms with Crippen LogP contribution in [0.4, 0.5) is 8.78 Å². The number of carbonyl (C=O) groups excluding carboxylic acids is 2. The lowest BCUT2D eigenvalue weighted by molar-refractivity contribution is -0.146. The van der Waals surface area contributed by atoms with Crippen molar-refractivity contribution in [2.24, 2.45) is 0 Å². The largest absolute Gasteiger partial charge is 0.491 e. The molecule has 0 radical (unpaired) electrons. The first-order valence-electron chi connectivity index (χ1n) is 9.14. The molecular formula is C19H22F2N2O3. The lowest BCUT2D eigenvalue weighted by atomic mass is 9.85. The Hall–Kier alpha value is -2.18. The molecule has 1 aromatic rings. The molecule has 26 heavy (non-hydrogen) atoms. The third kappa shape index (κ3) is 2.56. The molecule has 1 unspecified atom stereocenters. The van der Waals surface area contributed by atoms with Gasteiger partial charge in [-0.3, -0.25) is 9.59 Å². The van der Waals surface area contributed by atoms with Gasteiger partial charge in [0.15, 0.2) is 17.4 Å². The molecule has 1 aliphatic carbocycles. The van der Waals surface area contributed by atoms with Crippen LogP contribution in [0.5, 0.6) is 5.75 Å². The first kappa shape index (κ1) is 17.2. The summed E-state index contributed by atoms with van der Waals surface area (Å²) in [6.45, 7) is 1.16. The molecule has 2 aliphatic heterocycles. The minimum Gasteiger partial charge on any atom is -0.491 e. The molecule has 5 nitrogen and oxygen atoms in total. The molecule has 0 bridgehead atoms. The second-order valence-electron chi connectivity index (χ2n) is 7.40. The summed E-state index contributed by atoms with van der Waals surface area (Å²) in [7, 11) is 1.17. The van der Waals surface area contributed by atoms with Gasteiger partial charge in [-0.1, -0.05) is 0 Å². The average Bonchev–Trinajstić information content (AvgIpc) is 3.37. The van der Waals surface area contributed by atoms with Crippen LogP contribution in [0.3, 0.4) is 0 Å². The number of benzene rings is 1. The SMILES string of the molecule is COc1c(F)cc(C(=O)N2CCCC23CCCN(C2CC2)C3=O)cc1F. The van der Waals surface area contributed by atoms with Crippen molar-refractivity contribution in [3.8, 4) is 5.75 Å². The number of piperidine rings is 1. The second kappa shape index (κ2) is 6.21. The van der Waals surface area contributed by atoms with Crippen LogP contribution in [0, 0.1) is 11.6 Å². The molecule has 3 fully saturated rings. The fourth-order valence-corrected chi connectivity index (χ4v) is 4.44. The van der Waals surface area contributed by atoms with Crippen LogP contribution in [0.15, 0.2) is 12.1 Å². The van der Waals surface area contributed by atoms with Gasteiger partial charge >= 0.3 is 0 Å². The van der Waals surface area contributed by atoms with Crippen molar-refractivity contribution in [3.05, 3.63) is 29.3 Å². The van der Waals surface area contributed by atoms with E-state index in [9.17, 15) is 18.4 Å². The highest BCUT2D eigenvalue weighted by Gasteiger charge is 2.54. The summed E-state index contributed by atoms with van der Waals surface area (Å²) in [4.78, 5) is 29.7. The fraction of sp³-hybridized carbons (Fsp3) is 0.579. The number of nitrogens with zero attached hydrogens (tertiary/aromatic N) is 2. The predicted molar refractivity (Wildman–Crippen MR) is 89.9 cm³/mol. The molecule has 0 N–H and O–H groups in total. The summed E-state index contributed by atoms with van der Waals surface area (Å²) >= 11 is 0. The van der Waals surface area contributed by atoms with E-state index in [-0.39, 0.29) is 11.5 Å². The molecule has 1 saturated carbocycles. The average molecular weight is 364 g/mol. The third-order valence-electron chi connectivity index (χ3n) is 5.82. The molecule has 140 valence electrons. The molecule has 2 saturated heterocycles. The summed E-state index contributed by atoms with van der Waals surface area (Å²) in [5.41, 5.74) is -0.941. The molecule has 1 aromatic carbocycles. The third-order valence-corrected chi connectivity index (χ3v) is 5.82. The molecule has 1 atom stereocenters. The molecular weight excluding hydrogens is 342 g/mol. The second-order valence-corrected chi connectivity index (χ2v) is 7.40. The van der Waals surface area contributed by atoms with E-state index in [0.29, 0.717) is 25.4 Å². The number of carbonyl (C=O) groups is 2. The molecule has 1 spiro atoms. The van der Waals surface area contributed by atoms with Crippen molar-refractivity contribution < 1.29 is 23.1 Å². The summed E-state index contributed by atoms with van der Waals surface area (Å²) in [6, 6.07) is 2.28. The van der Waals surface area contributed by atoms with Crippen LogP contribution in [0.25, 0.3) is 0 Å². The van der Waals surface area contributed by atoms with E-state index >= 15 is 0 Å². The van der Waals surface area contributed by atoms with Gasteiger partial charge in [-0.05, 0) is 50.7 Å². The monoisotopic (exact) mass is 364 g/mol. The summed E-state index contributed by atoms with van der Waals surface area (Å²) in [5, 5.41) is 0. The van der Waals surface area contributed by atoms with Crippen molar-refractivity contribution in [2.45, 2.75) is 50.1 Å². The predicted octanol–water partition coefficient (Wildman–Crippen LogP) is 2.73. The molecule has 7 heteroatoms. The van der Waals surface area contributed by atoms with Gasteiger partial charge in [-0.2, -0.15) is 0 Å². The number of halogens is 2. The van der Waals surface area contributed by atoms with E-state index in [1.807, 2.05) is 4.90 Å². The van der Waals surface area contributed by atoms with Gasteiger partial charge in [0.25, 0.3) is 5.91 Å². The highest BCUT2D eigenvalue weighted by Crippen LogP contribution is 2.42. The zero-order valence-electron chi connectivity index (χ0n) is 14.8. The van der Waals surface area contributed by atoms with Gasteiger partial charge in [-0.15, -0.1) is 0 Å². The Balaban J connectivity index is 1.66. The normalized spacial score (nSPS) is 25.9. The van der Waals surface area contributed by atoms with Gasteiger partial charge in [0, 0.05) is 24.7 Å². The Morgan fingerprint density at radius 1 is 1.15 bits per heavy atom. The zero-order valence-corrected chi connectivity index (χ0v) is 14.8. The van der Waals surface area contributed by atoms with Crippen LogP contribution in [-0.2, 0) is 4.79 Å². The number of ether oxygens (including phenoxy) is 1. The van der Waals surface area contributed by atoms with E-state index in [1.165, 1.54) is 7.11 Å². The smallest absolute Gasteiger partial charge is 0.254 e. The number of likely N-dealkylation sites (tertiary alicyclic amines) is 2. The van der Waals surface area contributed by atoms with Gasteiger partial charge < -0.3 is 14.5 Å². The number of amides is 2. The van der Waals surface area contributed by atoms with Crippen molar-refractivity contribution in [1.82, 2.24) is 9.80 Å². The van der Waals surface area contributed by atoms with E-state index in [1.54, 1.807) is 4.90 Å². The van der Waals surface area contributed by atoms with Gasteiger partial charge in [-0.25, -0.2) is 8.78 Å². The van der Waals surface area contributed by atoms with Crippen LogP contribution < -0.4 is 4.74 Å². The molecule has 2 amide bonds. The number of hydrogen-bond acceptors (Lipinski definition) is 3. The van der Waals surface area contributed by atoms with Crippen LogP contribution in [0.2, 0.25) is 0 Å². The van der Waals surface area contributed by atoms with Crippen molar-refractivity contribution >= 4 is 11.8 Å². The first-order chi connectivity index (χ1) is 12.5. The van der Waals surface area contributed by atoms with Crippen LogP contribution >= 0.6 is 0 Å². The quantitative estimate of drug-likeness (QED) is 0.829. The summed E-state index contributed by atoms with van der Waals surface area (Å²) in [5.74, 6) is -2.83. The Bertz CT molecular complexity index is 742. The number of methoxy groups -OCH3 is 1. The fourth-order valence-electron chi connectivity index (χ4n) is 4.44. The molecule has 0 aromatic heterocycles. The van der Waals surface area contributed by atoms with E-state index < -0.39 is 28.8 Å². The Kier molecular flexibility index (Phi) is 4.12. The summed E-state index contributed by atoms with van der Waals surface area (Å²) < 4.78 is 32.7. The van der Waals surface area contributed by atoms with Crippen molar-refractivity contribution in [3.63, 3.8) is 0 Å². The van der Waals surface area contributed by atoms with Crippen molar-refractivity contribution in [2.75, 3.05) is 20.2 Å².